The van der Waals surface area contributed by atoms with E-state index in [-0.39, 0.29) is 27.9 Å². The van der Waals surface area contributed by atoms with Crippen LogP contribution < -0.4 is 11.1 Å². The fourth-order valence-corrected chi connectivity index (χ4v) is 2.41. The summed E-state index contributed by atoms with van der Waals surface area (Å²) in [4.78, 5) is 22.3. The second-order valence-corrected chi connectivity index (χ2v) is 5.35. The van der Waals surface area contributed by atoms with Crippen molar-refractivity contribution in [3.8, 4) is 0 Å². The Labute approximate surface area is 126 Å². The number of nitrogens with one attached hydrogen (secondary N) is 1. The molecule has 1 heterocycles. The normalized spacial score (nSPS) is 18.2. The van der Waals surface area contributed by atoms with E-state index in [2.05, 4.69) is 5.32 Å². The summed E-state index contributed by atoms with van der Waals surface area (Å²) in [6.07, 6.45) is 1.96. The van der Waals surface area contributed by atoms with Crippen LogP contribution in [0.15, 0.2) is 12.1 Å². The zero-order chi connectivity index (χ0) is 15.4. The highest BCUT2D eigenvalue weighted by Crippen LogP contribution is 2.30. The number of anilines is 1. The van der Waals surface area contributed by atoms with Gasteiger partial charge in [-0.15, -0.1) is 0 Å². The number of nitro benzene ring substituents is 1. The number of benzene rings is 1. The number of nitrogen functional groups attached to an aromatic ring is 1. The predicted molar refractivity (Wildman–Crippen MR) is 78.4 cm³/mol. The van der Waals surface area contributed by atoms with Gasteiger partial charge in [-0.2, -0.15) is 0 Å². The van der Waals surface area contributed by atoms with Gasteiger partial charge in [0.05, 0.1) is 16.6 Å². The van der Waals surface area contributed by atoms with Crippen molar-refractivity contribution in [2.24, 2.45) is 5.92 Å². The molecule has 0 aromatic heterocycles. The Balaban J connectivity index is 2.06. The Bertz CT molecular complexity index is 559. The molecule has 2 rings (SSSR count). The number of nitro groups is 1. The molecular formula is C13H16ClN3O4. The Morgan fingerprint density at radius 3 is 2.95 bits per heavy atom. The molecule has 0 radical (unpaired) electrons. The average Bonchev–Trinajstić information content (AvgIpc) is 2.48. The first kappa shape index (κ1) is 15.5. The standard InChI is InChI=1S/C13H16ClN3O4/c14-10-4-9(5-11(12(10)15)17(19)20)13(18)16-6-8-2-1-3-21-7-8/h4-5,8H,1-3,6-7,15H2,(H,16,18). The molecule has 1 unspecified atom stereocenters. The van der Waals surface area contributed by atoms with Crippen LogP contribution in [-0.2, 0) is 4.74 Å². The maximum absolute atomic E-state index is 12.1. The summed E-state index contributed by atoms with van der Waals surface area (Å²) in [5, 5.41) is 13.6. The lowest BCUT2D eigenvalue weighted by Crippen LogP contribution is -2.33. The first-order valence-corrected chi connectivity index (χ1v) is 6.96. The number of ether oxygens (including phenoxy) is 1. The van der Waals surface area contributed by atoms with Crippen LogP contribution >= 0.6 is 11.6 Å². The number of carbonyl (C=O) groups is 1. The van der Waals surface area contributed by atoms with E-state index in [0.29, 0.717) is 13.2 Å². The van der Waals surface area contributed by atoms with E-state index in [4.69, 9.17) is 22.1 Å². The van der Waals surface area contributed by atoms with Gasteiger partial charge in [-0.05, 0) is 24.8 Å². The van der Waals surface area contributed by atoms with Gasteiger partial charge in [0.15, 0.2) is 0 Å². The van der Waals surface area contributed by atoms with Gasteiger partial charge in [0.1, 0.15) is 5.69 Å². The molecule has 114 valence electrons. The van der Waals surface area contributed by atoms with E-state index in [1.54, 1.807) is 0 Å². The summed E-state index contributed by atoms with van der Waals surface area (Å²) < 4.78 is 5.33. The fourth-order valence-electron chi connectivity index (χ4n) is 2.19. The minimum absolute atomic E-state index is 0.00431. The van der Waals surface area contributed by atoms with Gasteiger partial charge < -0.3 is 15.8 Å². The lowest BCUT2D eigenvalue weighted by molar-refractivity contribution is -0.383. The van der Waals surface area contributed by atoms with Gasteiger partial charge in [0.2, 0.25) is 0 Å². The van der Waals surface area contributed by atoms with Gasteiger partial charge in [-0.25, -0.2) is 0 Å². The lowest BCUT2D eigenvalue weighted by Gasteiger charge is -2.22. The van der Waals surface area contributed by atoms with Crippen molar-refractivity contribution in [2.75, 3.05) is 25.5 Å². The summed E-state index contributed by atoms with van der Waals surface area (Å²) >= 11 is 5.83. The number of amides is 1. The van der Waals surface area contributed by atoms with Crippen molar-refractivity contribution < 1.29 is 14.5 Å². The van der Waals surface area contributed by atoms with E-state index in [1.807, 2.05) is 0 Å². The molecular weight excluding hydrogens is 298 g/mol. The number of hydrogen-bond donors (Lipinski definition) is 2. The van der Waals surface area contributed by atoms with Crippen molar-refractivity contribution >= 4 is 28.9 Å². The molecule has 0 aliphatic carbocycles. The number of rotatable bonds is 4. The summed E-state index contributed by atoms with van der Waals surface area (Å²) in [5.74, 6) is -0.146. The second-order valence-electron chi connectivity index (χ2n) is 4.94. The average molecular weight is 314 g/mol. The Morgan fingerprint density at radius 1 is 1.57 bits per heavy atom. The van der Waals surface area contributed by atoms with Crippen molar-refractivity contribution in [1.29, 1.82) is 0 Å². The maximum atomic E-state index is 12.1. The number of hydrogen-bond acceptors (Lipinski definition) is 5. The molecule has 1 aromatic carbocycles. The van der Waals surface area contributed by atoms with Crippen molar-refractivity contribution in [3.63, 3.8) is 0 Å². The number of nitrogens with zero attached hydrogens (tertiary/aromatic N) is 1. The van der Waals surface area contributed by atoms with Crippen LogP contribution in [0.3, 0.4) is 0 Å². The number of carbonyl (C=O) groups excluding carboxylic acids is 1. The van der Waals surface area contributed by atoms with E-state index in [1.165, 1.54) is 6.07 Å². The third kappa shape index (κ3) is 3.83. The highest BCUT2D eigenvalue weighted by atomic mass is 35.5. The highest BCUT2D eigenvalue weighted by molar-refractivity contribution is 6.34. The fraction of sp³-hybridized carbons (Fsp3) is 0.462. The third-order valence-corrected chi connectivity index (χ3v) is 3.69. The summed E-state index contributed by atoms with van der Waals surface area (Å²) in [6.45, 7) is 1.84. The third-order valence-electron chi connectivity index (χ3n) is 3.37. The predicted octanol–water partition coefficient (Wildman–Crippen LogP) is 1.99. The molecule has 1 aliphatic rings. The van der Waals surface area contributed by atoms with Crippen LogP contribution in [0.2, 0.25) is 5.02 Å². The van der Waals surface area contributed by atoms with Crippen molar-refractivity contribution in [1.82, 2.24) is 5.32 Å². The van der Waals surface area contributed by atoms with E-state index in [0.717, 1.165) is 25.5 Å². The van der Waals surface area contributed by atoms with Crippen LogP contribution in [-0.4, -0.2) is 30.6 Å². The molecule has 21 heavy (non-hydrogen) atoms. The molecule has 0 bridgehead atoms. The minimum Gasteiger partial charge on any atom is -0.392 e. The minimum atomic E-state index is -0.660. The Morgan fingerprint density at radius 2 is 2.33 bits per heavy atom. The van der Waals surface area contributed by atoms with Crippen LogP contribution in [0.4, 0.5) is 11.4 Å². The molecule has 7 nitrogen and oxygen atoms in total. The van der Waals surface area contributed by atoms with Crippen LogP contribution in [0.1, 0.15) is 23.2 Å². The molecule has 1 atom stereocenters. The van der Waals surface area contributed by atoms with Gasteiger partial charge in [-0.1, -0.05) is 11.6 Å². The lowest BCUT2D eigenvalue weighted by atomic mass is 10.0. The smallest absolute Gasteiger partial charge is 0.294 e. The maximum Gasteiger partial charge on any atom is 0.294 e. The number of halogens is 1. The van der Waals surface area contributed by atoms with Crippen LogP contribution in [0.25, 0.3) is 0 Å². The molecule has 0 spiro atoms. The topological polar surface area (TPSA) is 107 Å². The van der Waals surface area contributed by atoms with Gasteiger partial charge in [-0.3, -0.25) is 14.9 Å². The van der Waals surface area contributed by atoms with Crippen molar-refractivity contribution in [3.05, 3.63) is 32.8 Å². The first-order chi connectivity index (χ1) is 9.99. The van der Waals surface area contributed by atoms with Gasteiger partial charge >= 0.3 is 0 Å². The van der Waals surface area contributed by atoms with Gasteiger partial charge in [0.25, 0.3) is 11.6 Å². The molecule has 1 saturated heterocycles. The summed E-state index contributed by atoms with van der Waals surface area (Å²) in [7, 11) is 0. The zero-order valence-electron chi connectivity index (χ0n) is 11.3. The van der Waals surface area contributed by atoms with Gasteiger partial charge in [0, 0.05) is 24.8 Å². The first-order valence-electron chi connectivity index (χ1n) is 6.58. The quantitative estimate of drug-likeness (QED) is 0.502. The highest BCUT2D eigenvalue weighted by Gasteiger charge is 2.20. The monoisotopic (exact) mass is 313 g/mol. The van der Waals surface area contributed by atoms with Crippen LogP contribution in [0.5, 0.6) is 0 Å². The second kappa shape index (κ2) is 6.73. The molecule has 1 aromatic rings. The Hall–Kier alpha value is -1.86. The largest absolute Gasteiger partial charge is 0.392 e. The summed E-state index contributed by atoms with van der Waals surface area (Å²) in [5.41, 5.74) is 5.14. The molecule has 1 aliphatic heterocycles. The van der Waals surface area contributed by atoms with Crippen molar-refractivity contribution in [2.45, 2.75) is 12.8 Å². The molecule has 1 fully saturated rings. The zero-order valence-corrected chi connectivity index (χ0v) is 12.1. The SMILES string of the molecule is Nc1c(Cl)cc(C(=O)NCC2CCCOC2)cc1[N+](=O)[O-]. The molecule has 8 heteroatoms. The molecule has 3 N–H and O–H groups in total. The molecule has 1 amide bonds. The van der Waals surface area contributed by atoms with Crippen LogP contribution in [0, 0.1) is 16.0 Å². The van der Waals surface area contributed by atoms with E-state index >= 15 is 0 Å². The summed E-state index contributed by atoms with van der Waals surface area (Å²) in [6, 6.07) is 2.46. The van der Waals surface area contributed by atoms with E-state index in [9.17, 15) is 14.9 Å². The van der Waals surface area contributed by atoms with E-state index < -0.39 is 10.8 Å². The number of nitrogens with two attached hydrogens (primary N) is 1. The molecule has 0 saturated carbocycles. The Kier molecular flexibility index (Phi) is 4.98.